The number of nitrogens with zero attached hydrogens (tertiary/aromatic N) is 2. The molecule has 2 aromatic carbocycles. The summed E-state index contributed by atoms with van der Waals surface area (Å²) in [6, 6.07) is 16.1. The largest absolute Gasteiger partial charge is 1.00 e. The number of aliphatic hydroxyl groups is 1. The lowest BCUT2D eigenvalue weighted by Gasteiger charge is -2.24. The van der Waals surface area contributed by atoms with Gasteiger partial charge in [0.05, 0.1) is 13.7 Å². The lowest BCUT2D eigenvalue weighted by molar-refractivity contribution is -0.656. The first-order valence-corrected chi connectivity index (χ1v) is 9.59. The minimum atomic E-state index is -1.02. The number of halogens is 1. The van der Waals surface area contributed by atoms with Crippen LogP contribution in [0, 0.1) is 6.92 Å². The Hall–Kier alpha value is -1.50. The highest BCUT2D eigenvalue weighted by Gasteiger charge is 2.53. The van der Waals surface area contributed by atoms with E-state index in [1.807, 2.05) is 36.0 Å². The van der Waals surface area contributed by atoms with Crippen LogP contribution >= 0.6 is 11.8 Å². The molecule has 2 aliphatic heterocycles. The summed E-state index contributed by atoms with van der Waals surface area (Å²) in [6.45, 7) is 3.53. The van der Waals surface area contributed by atoms with E-state index in [0.29, 0.717) is 6.54 Å². The van der Waals surface area contributed by atoms with Gasteiger partial charge in [-0.15, -0.1) is 0 Å². The van der Waals surface area contributed by atoms with Crippen molar-refractivity contribution in [1.29, 1.82) is 0 Å². The van der Waals surface area contributed by atoms with E-state index in [9.17, 15) is 5.11 Å². The molecular weight excluding hydrogens is 412 g/mol. The fourth-order valence-electron chi connectivity index (χ4n) is 3.66. The van der Waals surface area contributed by atoms with Crippen LogP contribution in [0.2, 0.25) is 0 Å². The van der Waals surface area contributed by atoms with Gasteiger partial charge in [-0.2, -0.15) is 0 Å². The fraction of sp³-hybridized carbons (Fsp3) is 0.350. The van der Waals surface area contributed by atoms with E-state index in [1.54, 1.807) is 7.11 Å². The predicted octanol–water partition coefficient (Wildman–Crippen LogP) is 0.178. The van der Waals surface area contributed by atoms with E-state index in [0.717, 1.165) is 35.2 Å². The first-order chi connectivity index (χ1) is 12.1. The van der Waals surface area contributed by atoms with Crippen molar-refractivity contribution in [2.45, 2.75) is 19.1 Å². The number of anilines is 1. The second-order valence-electron chi connectivity index (χ2n) is 6.55. The molecule has 4 rings (SSSR count). The van der Waals surface area contributed by atoms with Crippen LogP contribution in [0.1, 0.15) is 17.5 Å². The lowest BCUT2D eigenvalue weighted by atomic mass is 10.0. The Kier molecular flexibility index (Phi) is 5.65. The van der Waals surface area contributed by atoms with Crippen LogP contribution in [0.4, 0.5) is 5.69 Å². The normalized spacial score (nSPS) is 22.0. The monoisotopic (exact) mass is 434 g/mol. The zero-order valence-corrected chi connectivity index (χ0v) is 17.4. The number of β-amino-alcohol motifs (C(OH)–C–C–N with tert-alkyl or cyclic N) is 1. The average molecular weight is 435 g/mol. The molecule has 1 unspecified atom stereocenters. The van der Waals surface area contributed by atoms with Crippen molar-refractivity contribution in [3.8, 4) is 5.75 Å². The van der Waals surface area contributed by atoms with Gasteiger partial charge in [-0.3, -0.25) is 0 Å². The van der Waals surface area contributed by atoms with Gasteiger partial charge in [0.15, 0.2) is 6.54 Å². The molecule has 0 saturated carbocycles. The minimum absolute atomic E-state index is 0. The Balaban J connectivity index is 0.00000196. The van der Waals surface area contributed by atoms with Gasteiger partial charge in [0.2, 0.25) is 0 Å². The number of aryl methyl sites for hydroxylation is 1. The van der Waals surface area contributed by atoms with Crippen LogP contribution in [0.15, 0.2) is 48.5 Å². The smallest absolute Gasteiger partial charge is 0.316 e. The molecule has 4 nitrogen and oxygen atoms in total. The fourth-order valence-corrected chi connectivity index (χ4v) is 4.83. The van der Waals surface area contributed by atoms with E-state index >= 15 is 0 Å². The van der Waals surface area contributed by atoms with Crippen molar-refractivity contribution in [3.63, 3.8) is 0 Å². The van der Waals surface area contributed by atoms with Crippen LogP contribution in [0.25, 0.3) is 0 Å². The maximum Gasteiger partial charge on any atom is 0.316 e. The molecule has 2 aromatic rings. The molecule has 0 aromatic heterocycles. The van der Waals surface area contributed by atoms with E-state index < -0.39 is 5.72 Å². The molecular formula is C20H23BrN2O2S. The number of rotatable bonds is 3. The van der Waals surface area contributed by atoms with Crippen LogP contribution in [-0.4, -0.2) is 40.8 Å². The second kappa shape index (κ2) is 7.62. The molecule has 0 bridgehead atoms. The van der Waals surface area contributed by atoms with Crippen molar-refractivity contribution in [3.05, 3.63) is 59.7 Å². The van der Waals surface area contributed by atoms with Gasteiger partial charge in [0.1, 0.15) is 11.4 Å². The molecule has 1 atom stereocenters. The molecule has 0 spiro atoms. The van der Waals surface area contributed by atoms with E-state index in [4.69, 9.17) is 4.74 Å². The van der Waals surface area contributed by atoms with Gasteiger partial charge in [0, 0.05) is 11.3 Å². The van der Waals surface area contributed by atoms with Crippen LogP contribution in [0.3, 0.4) is 0 Å². The SMILES string of the molecule is COc1ccc(C2(O)CN(c3ccccc3C)C3=[N+]2CCCS3)cc1.[Br-]. The van der Waals surface area contributed by atoms with E-state index in [-0.39, 0.29) is 17.0 Å². The second-order valence-corrected chi connectivity index (χ2v) is 7.62. The van der Waals surface area contributed by atoms with Crippen LogP contribution < -0.4 is 26.6 Å². The predicted molar refractivity (Wildman–Crippen MR) is 103 cm³/mol. The third-order valence-electron chi connectivity index (χ3n) is 5.00. The Morgan fingerprint density at radius 3 is 2.58 bits per heavy atom. The molecule has 0 fully saturated rings. The van der Waals surface area contributed by atoms with Crippen molar-refractivity contribution in [2.75, 3.05) is 30.9 Å². The highest BCUT2D eigenvalue weighted by molar-refractivity contribution is 8.13. The minimum Gasteiger partial charge on any atom is -1.00 e. The third kappa shape index (κ3) is 3.15. The van der Waals surface area contributed by atoms with Crippen molar-refractivity contribution < 1.29 is 31.4 Å². The summed E-state index contributed by atoms with van der Waals surface area (Å²) >= 11 is 1.83. The van der Waals surface area contributed by atoms with Gasteiger partial charge in [-0.05, 0) is 61.0 Å². The lowest BCUT2D eigenvalue weighted by Crippen LogP contribution is -3.00. The summed E-state index contributed by atoms with van der Waals surface area (Å²) in [7, 11) is 1.66. The molecule has 0 amide bonds. The molecule has 0 radical (unpaired) electrons. The maximum absolute atomic E-state index is 11.7. The zero-order valence-electron chi connectivity index (χ0n) is 15.0. The molecule has 26 heavy (non-hydrogen) atoms. The van der Waals surface area contributed by atoms with E-state index in [2.05, 4.69) is 40.7 Å². The molecule has 2 heterocycles. The van der Waals surface area contributed by atoms with Gasteiger partial charge in [0.25, 0.3) is 5.72 Å². The summed E-state index contributed by atoms with van der Waals surface area (Å²) in [5.41, 5.74) is 2.28. The van der Waals surface area contributed by atoms with Crippen molar-refractivity contribution in [1.82, 2.24) is 0 Å². The van der Waals surface area contributed by atoms with E-state index in [1.165, 1.54) is 11.3 Å². The number of para-hydroxylation sites is 1. The zero-order chi connectivity index (χ0) is 17.4. The number of methoxy groups -OCH3 is 1. The quantitative estimate of drug-likeness (QED) is 0.698. The molecule has 0 saturated heterocycles. The Morgan fingerprint density at radius 1 is 1.15 bits per heavy atom. The van der Waals surface area contributed by atoms with Crippen LogP contribution in [-0.2, 0) is 5.72 Å². The number of thioether (sulfide) groups is 1. The Morgan fingerprint density at radius 2 is 1.88 bits per heavy atom. The summed E-state index contributed by atoms with van der Waals surface area (Å²) in [5, 5.41) is 12.8. The topological polar surface area (TPSA) is 35.7 Å². The average Bonchev–Trinajstić information content (AvgIpc) is 2.97. The highest BCUT2D eigenvalue weighted by atomic mass is 79.9. The highest BCUT2D eigenvalue weighted by Crippen LogP contribution is 2.38. The maximum atomic E-state index is 11.7. The van der Waals surface area contributed by atoms with Crippen molar-refractivity contribution >= 4 is 22.6 Å². The first kappa shape index (κ1) is 19.3. The summed E-state index contributed by atoms with van der Waals surface area (Å²) in [5.74, 6) is 1.89. The summed E-state index contributed by atoms with van der Waals surface area (Å²) in [4.78, 5) is 2.27. The first-order valence-electron chi connectivity index (χ1n) is 8.61. The third-order valence-corrected chi connectivity index (χ3v) is 6.19. The number of ether oxygens (including phenoxy) is 1. The summed E-state index contributed by atoms with van der Waals surface area (Å²) < 4.78 is 7.42. The molecule has 2 aliphatic rings. The number of amidine groups is 1. The number of benzene rings is 2. The molecule has 138 valence electrons. The molecule has 0 aliphatic carbocycles. The van der Waals surface area contributed by atoms with Gasteiger partial charge in [-0.25, -0.2) is 9.48 Å². The Bertz CT molecular complexity index is 825. The summed E-state index contributed by atoms with van der Waals surface area (Å²) in [6.07, 6.45) is 1.08. The molecule has 6 heteroatoms. The van der Waals surface area contributed by atoms with Crippen LogP contribution in [0.5, 0.6) is 5.75 Å². The van der Waals surface area contributed by atoms with Crippen molar-refractivity contribution in [2.24, 2.45) is 0 Å². The van der Waals surface area contributed by atoms with Gasteiger partial charge < -0.3 is 26.8 Å². The Labute approximate surface area is 169 Å². The number of hydrogen-bond acceptors (Lipinski definition) is 4. The molecule has 1 N–H and O–H groups in total. The number of hydrogen-bond donors (Lipinski definition) is 1. The van der Waals surface area contributed by atoms with Gasteiger partial charge in [-0.1, -0.05) is 18.2 Å². The standard InChI is InChI=1S/C20H23N2O2S.BrH/c1-15-6-3-4-7-18(15)21-14-20(23,22-12-5-13-25-19(21)22)16-8-10-17(24-2)11-9-16;/h3-4,6-11,23H,5,12-14H2,1-2H3;1H/q+1;/p-1. The van der Waals surface area contributed by atoms with Gasteiger partial charge >= 0.3 is 5.17 Å².